The van der Waals surface area contributed by atoms with Crippen molar-refractivity contribution in [3.63, 3.8) is 0 Å². The van der Waals surface area contributed by atoms with Crippen molar-refractivity contribution in [2.75, 3.05) is 6.61 Å². The van der Waals surface area contributed by atoms with Gasteiger partial charge in [-0.3, -0.25) is 4.68 Å². The van der Waals surface area contributed by atoms with Crippen LogP contribution in [0.4, 0.5) is 0 Å². The zero-order valence-corrected chi connectivity index (χ0v) is 13.7. The molecule has 1 aromatic carbocycles. The molecular weight excluding hydrogens is 288 g/mol. The number of benzene rings is 1. The van der Waals surface area contributed by atoms with Crippen molar-refractivity contribution >= 4 is 0 Å². The van der Waals surface area contributed by atoms with Crippen molar-refractivity contribution in [3.8, 4) is 17.3 Å². The van der Waals surface area contributed by atoms with E-state index in [-0.39, 0.29) is 18.6 Å². The van der Waals surface area contributed by atoms with E-state index in [2.05, 4.69) is 23.4 Å². The van der Waals surface area contributed by atoms with Crippen molar-refractivity contribution in [2.24, 2.45) is 5.92 Å². The molecule has 2 atom stereocenters. The maximum atomic E-state index is 9.25. The van der Waals surface area contributed by atoms with Gasteiger partial charge in [-0.25, -0.2) is 0 Å². The maximum absolute atomic E-state index is 9.25. The molecule has 0 bridgehead atoms. The Morgan fingerprint density at radius 2 is 2.04 bits per heavy atom. The van der Waals surface area contributed by atoms with Gasteiger partial charge in [-0.15, -0.1) is 0 Å². The van der Waals surface area contributed by atoms with Gasteiger partial charge < -0.3 is 10.4 Å². The summed E-state index contributed by atoms with van der Waals surface area (Å²) in [5.41, 5.74) is 3.12. The Morgan fingerprint density at radius 3 is 2.70 bits per heavy atom. The van der Waals surface area contributed by atoms with Gasteiger partial charge in [0.15, 0.2) is 0 Å². The number of nitriles is 1. The predicted octanol–water partition coefficient (Wildman–Crippen LogP) is 2.57. The summed E-state index contributed by atoms with van der Waals surface area (Å²) in [6, 6.07) is 12.4. The highest BCUT2D eigenvalue weighted by Gasteiger charge is 2.14. The highest BCUT2D eigenvalue weighted by molar-refractivity contribution is 5.62. The lowest BCUT2D eigenvalue weighted by Gasteiger charge is -2.19. The van der Waals surface area contributed by atoms with E-state index < -0.39 is 0 Å². The lowest BCUT2D eigenvalue weighted by Crippen LogP contribution is -2.33. The number of hydrogen-bond acceptors (Lipinski definition) is 4. The molecule has 1 aromatic heterocycles. The molecule has 122 valence electrons. The topological polar surface area (TPSA) is 73.9 Å². The summed E-state index contributed by atoms with van der Waals surface area (Å²) in [5.74, 6) is 0.198. The Labute approximate surface area is 137 Å². The Balaban J connectivity index is 2.19. The molecule has 5 nitrogen and oxygen atoms in total. The number of rotatable bonds is 8. The fraction of sp³-hybridized carbons (Fsp3) is 0.444. The van der Waals surface area contributed by atoms with E-state index in [0.717, 1.165) is 16.8 Å². The first-order chi connectivity index (χ1) is 11.2. The molecule has 0 aliphatic heterocycles. The number of nitrogens with zero attached hydrogens (tertiary/aromatic N) is 3. The molecule has 0 aliphatic rings. The molecular formula is C18H24N4O. The first-order valence-corrected chi connectivity index (χ1v) is 7.98. The van der Waals surface area contributed by atoms with Gasteiger partial charge in [0.1, 0.15) is 0 Å². The summed E-state index contributed by atoms with van der Waals surface area (Å²) in [6.07, 6.45) is 2.45. The largest absolute Gasteiger partial charge is 0.396 e. The highest BCUT2D eigenvalue weighted by Crippen LogP contribution is 2.22. The van der Waals surface area contributed by atoms with Crippen LogP contribution in [0.3, 0.4) is 0 Å². The number of hydrogen-bond donors (Lipinski definition) is 2. The summed E-state index contributed by atoms with van der Waals surface area (Å²) in [4.78, 5) is 0. The van der Waals surface area contributed by atoms with Crippen molar-refractivity contribution in [2.45, 2.75) is 39.4 Å². The van der Waals surface area contributed by atoms with Gasteiger partial charge in [-0.2, -0.15) is 10.4 Å². The van der Waals surface area contributed by atoms with Crippen molar-refractivity contribution in [3.05, 3.63) is 42.1 Å². The van der Waals surface area contributed by atoms with Gasteiger partial charge in [0.25, 0.3) is 0 Å². The fourth-order valence-electron chi connectivity index (χ4n) is 2.34. The van der Waals surface area contributed by atoms with Crippen molar-refractivity contribution in [1.82, 2.24) is 15.1 Å². The number of aliphatic hydroxyl groups excluding tert-OH is 1. The van der Waals surface area contributed by atoms with E-state index >= 15 is 0 Å². The number of aromatic nitrogens is 2. The monoisotopic (exact) mass is 312 g/mol. The highest BCUT2D eigenvalue weighted by atomic mass is 16.3. The summed E-state index contributed by atoms with van der Waals surface area (Å²) >= 11 is 0. The molecule has 2 unspecified atom stereocenters. The summed E-state index contributed by atoms with van der Waals surface area (Å²) < 4.78 is 1.84. The molecule has 2 rings (SSSR count). The second-order valence-corrected chi connectivity index (χ2v) is 5.87. The summed E-state index contributed by atoms with van der Waals surface area (Å²) in [7, 11) is 0. The van der Waals surface area contributed by atoms with Crippen LogP contribution in [0.1, 0.15) is 25.8 Å². The van der Waals surface area contributed by atoms with E-state index in [9.17, 15) is 5.11 Å². The van der Waals surface area contributed by atoms with Gasteiger partial charge in [0.05, 0.1) is 24.7 Å². The molecule has 0 spiro atoms. The van der Waals surface area contributed by atoms with Crippen LogP contribution in [0.15, 0.2) is 36.5 Å². The standard InChI is InChI=1S/C18H24N4O/c1-14(13-23)15(2)20-11-17-12-22(10-6-9-19)21-18(17)16-7-4-3-5-8-16/h3-5,7-8,12,14-15,20,23H,6,10-11,13H2,1-2H3. The smallest absolute Gasteiger partial charge is 0.0968 e. The van der Waals surface area contributed by atoms with Crippen LogP contribution in [0.25, 0.3) is 11.3 Å². The van der Waals surface area contributed by atoms with Crippen LogP contribution in [-0.4, -0.2) is 27.5 Å². The van der Waals surface area contributed by atoms with Gasteiger partial charge in [0.2, 0.25) is 0 Å². The second-order valence-electron chi connectivity index (χ2n) is 5.87. The fourth-order valence-corrected chi connectivity index (χ4v) is 2.34. The van der Waals surface area contributed by atoms with Crippen molar-refractivity contribution < 1.29 is 5.11 Å². The van der Waals surface area contributed by atoms with Gasteiger partial charge in [-0.1, -0.05) is 37.3 Å². The average molecular weight is 312 g/mol. The molecule has 0 amide bonds. The van der Waals surface area contributed by atoms with E-state index in [4.69, 9.17) is 5.26 Å². The molecule has 2 aromatic rings. The third kappa shape index (κ3) is 4.65. The average Bonchev–Trinajstić information content (AvgIpc) is 3.01. The van der Waals surface area contributed by atoms with Crippen LogP contribution in [-0.2, 0) is 13.1 Å². The third-order valence-electron chi connectivity index (χ3n) is 4.09. The first kappa shape index (κ1) is 17.2. The van der Waals surface area contributed by atoms with Crippen LogP contribution in [0.2, 0.25) is 0 Å². The van der Waals surface area contributed by atoms with E-state index in [1.54, 1.807) is 0 Å². The normalized spacial score (nSPS) is 13.5. The maximum Gasteiger partial charge on any atom is 0.0968 e. The molecule has 0 saturated carbocycles. The quantitative estimate of drug-likeness (QED) is 0.785. The molecule has 2 N–H and O–H groups in total. The van der Waals surface area contributed by atoms with Crippen LogP contribution in [0, 0.1) is 17.2 Å². The number of nitrogens with one attached hydrogen (secondary N) is 1. The third-order valence-corrected chi connectivity index (χ3v) is 4.09. The predicted molar refractivity (Wildman–Crippen MR) is 90.4 cm³/mol. The molecule has 0 radical (unpaired) electrons. The van der Waals surface area contributed by atoms with Crippen LogP contribution >= 0.6 is 0 Å². The summed E-state index contributed by atoms with van der Waals surface area (Å²) in [5, 5.41) is 26.1. The molecule has 0 saturated heterocycles. The Bertz CT molecular complexity index is 645. The molecule has 0 aliphatic carbocycles. The lowest BCUT2D eigenvalue weighted by atomic mass is 10.0. The molecule has 5 heteroatoms. The van der Waals surface area contributed by atoms with Crippen molar-refractivity contribution in [1.29, 1.82) is 5.26 Å². The lowest BCUT2D eigenvalue weighted by molar-refractivity contribution is 0.207. The minimum Gasteiger partial charge on any atom is -0.396 e. The van der Waals surface area contributed by atoms with Gasteiger partial charge in [-0.05, 0) is 12.8 Å². The van der Waals surface area contributed by atoms with E-state index in [0.29, 0.717) is 19.5 Å². The minimum absolute atomic E-state index is 0.168. The second kappa shape index (κ2) is 8.47. The molecule has 0 fully saturated rings. The van der Waals surface area contributed by atoms with Gasteiger partial charge >= 0.3 is 0 Å². The summed E-state index contributed by atoms with van der Waals surface area (Å²) in [6.45, 7) is 5.54. The molecule has 23 heavy (non-hydrogen) atoms. The minimum atomic E-state index is 0.168. The van der Waals surface area contributed by atoms with Crippen LogP contribution in [0.5, 0.6) is 0 Å². The van der Waals surface area contributed by atoms with E-state index in [1.165, 1.54) is 0 Å². The number of aliphatic hydroxyl groups is 1. The van der Waals surface area contributed by atoms with E-state index in [1.807, 2.05) is 48.1 Å². The molecule has 1 heterocycles. The zero-order valence-electron chi connectivity index (χ0n) is 13.7. The SMILES string of the molecule is CC(CO)C(C)NCc1cn(CCC#N)nc1-c1ccccc1. The Kier molecular flexibility index (Phi) is 6.33. The Hall–Kier alpha value is -2.16. The number of aryl methyl sites for hydroxylation is 1. The van der Waals surface area contributed by atoms with Crippen LogP contribution < -0.4 is 5.32 Å². The first-order valence-electron chi connectivity index (χ1n) is 7.98. The zero-order chi connectivity index (χ0) is 16.7. The Morgan fingerprint density at radius 1 is 1.30 bits per heavy atom. The van der Waals surface area contributed by atoms with Gasteiger partial charge in [0, 0.05) is 36.5 Å².